The van der Waals surface area contributed by atoms with Gasteiger partial charge in [0, 0.05) is 22.5 Å². The molecule has 0 atom stereocenters. The molecule has 3 aliphatic rings. The summed E-state index contributed by atoms with van der Waals surface area (Å²) in [6.45, 7) is 11.4. The fraction of sp³-hybridized carbons (Fsp3) is 0.0847. The van der Waals surface area contributed by atoms with Crippen molar-refractivity contribution in [2.75, 3.05) is 4.90 Å². The molecule has 0 fully saturated rings. The first-order chi connectivity index (χ1) is 29.4. The standard InChI is InChI=1S/C59H45N/c1-5-40(41-18-8-6-9-19-41)36-56-39(2)47-34-32-46(38-57(47)59(56)54-26-16-13-22-48(54)49-23-14-17-27-55(49)59)60(44-30-28-43(29-31-44)42-20-10-7-11-21-42)45-33-35-53-51(37-45)50-24-12-15-25-52(50)58(53,3)4/h5-38H,1H2,2-4H3/b40-36+. The van der Waals surface area contributed by atoms with Gasteiger partial charge in [0.15, 0.2) is 0 Å². The molecule has 11 rings (SSSR count). The van der Waals surface area contributed by atoms with Crippen LogP contribution in [0.5, 0.6) is 0 Å². The predicted octanol–water partition coefficient (Wildman–Crippen LogP) is 15.5. The van der Waals surface area contributed by atoms with E-state index in [1.165, 1.54) is 77.9 Å². The van der Waals surface area contributed by atoms with Crippen LogP contribution in [0.25, 0.3) is 44.5 Å². The van der Waals surface area contributed by atoms with Gasteiger partial charge in [-0.2, -0.15) is 0 Å². The average Bonchev–Trinajstić information content (AvgIpc) is 3.83. The molecule has 0 amide bonds. The van der Waals surface area contributed by atoms with Crippen LogP contribution >= 0.6 is 0 Å². The van der Waals surface area contributed by atoms with E-state index in [0.717, 1.165) is 28.2 Å². The smallest absolute Gasteiger partial charge is 0.0723 e. The van der Waals surface area contributed by atoms with E-state index in [9.17, 15) is 0 Å². The Labute approximate surface area is 354 Å². The molecule has 8 aromatic carbocycles. The van der Waals surface area contributed by atoms with E-state index >= 15 is 0 Å². The zero-order chi connectivity index (χ0) is 40.6. The quantitative estimate of drug-likeness (QED) is 0.146. The molecular formula is C59H45N. The highest BCUT2D eigenvalue weighted by atomic mass is 15.1. The molecule has 3 aliphatic carbocycles. The zero-order valence-electron chi connectivity index (χ0n) is 34.3. The summed E-state index contributed by atoms with van der Waals surface area (Å²) in [4.78, 5) is 2.46. The van der Waals surface area contributed by atoms with E-state index in [-0.39, 0.29) is 5.41 Å². The molecule has 60 heavy (non-hydrogen) atoms. The second-order valence-corrected chi connectivity index (χ2v) is 16.9. The highest BCUT2D eigenvalue weighted by molar-refractivity contribution is 5.98. The SMILES string of the molecule is C=C/C(=C\C1=C(C)c2ccc(N(c3ccc(-c4ccccc4)cc3)c3ccc4c(c3)-c3ccccc3C4(C)C)cc2C12c1ccccc1-c1ccccc12)c1ccccc1. The molecule has 0 heterocycles. The number of fused-ring (bicyclic) bond motifs is 10. The third kappa shape index (κ3) is 5.19. The van der Waals surface area contributed by atoms with E-state index in [2.05, 4.69) is 232 Å². The summed E-state index contributed by atoms with van der Waals surface area (Å²) in [6.07, 6.45) is 4.43. The lowest BCUT2D eigenvalue weighted by Crippen LogP contribution is -2.27. The Hall–Kier alpha value is -7.22. The monoisotopic (exact) mass is 767 g/mol. The van der Waals surface area contributed by atoms with Crippen molar-refractivity contribution in [2.45, 2.75) is 31.6 Å². The van der Waals surface area contributed by atoms with Gasteiger partial charge in [0.25, 0.3) is 0 Å². The molecule has 1 nitrogen and oxygen atoms in total. The molecule has 0 radical (unpaired) electrons. The van der Waals surface area contributed by atoms with Crippen molar-refractivity contribution in [3.8, 4) is 33.4 Å². The Morgan fingerprint density at radius 3 is 1.60 bits per heavy atom. The van der Waals surface area contributed by atoms with Gasteiger partial charge in [-0.1, -0.05) is 184 Å². The van der Waals surface area contributed by atoms with E-state index < -0.39 is 5.41 Å². The van der Waals surface area contributed by atoms with Crippen molar-refractivity contribution < 1.29 is 0 Å². The Kier molecular flexibility index (Phi) is 8.19. The summed E-state index contributed by atoms with van der Waals surface area (Å²) in [5, 5.41) is 0. The molecule has 286 valence electrons. The fourth-order valence-corrected chi connectivity index (χ4v) is 10.7. The Morgan fingerprint density at radius 2 is 0.950 bits per heavy atom. The Morgan fingerprint density at radius 1 is 0.450 bits per heavy atom. The van der Waals surface area contributed by atoms with Gasteiger partial charge in [-0.3, -0.25) is 0 Å². The predicted molar refractivity (Wildman–Crippen MR) is 253 cm³/mol. The maximum Gasteiger partial charge on any atom is 0.0723 e. The third-order valence-electron chi connectivity index (χ3n) is 13.5. The molecule has 0 bridgehead atoms. The molecule has 8 aromatic rings. The topological polar surface area (TPSA) is 3.24 Å². The van der Waals surface area contributed by atoms with E-state index in [1.807, 2.05) is 6.08 Å². The molecule has 1 heteroatoms. The van der Waals surface area contributed by atoms with Gasteiger partial charge in [0.2, 0.25) is 0 Å². The minimum absolute atomic E-state index is 0.0764. The van der Waals surface area contributed by atoms with Crippen LogP contribution < -0.4 is 4.90 Å². The van der Waals surface area contributed by atoms with Crippen molar-refractivity contribution in [1.29, 1.82) is 0 Å². The first-order valence-electron chi connectivity index (χ1n) is 21.0. The lowest BCUT2D eigenvalue weighted by atomic mass is 9.69. The summed E-state index contributed by atoms with van der Waals surface area (Å²) in [5.74, 6) is 0. The van der Waals surface area contributed by atoms with Crippen LogP contribution in [0, 0.1) is 0 Å². The number of nitrogens with zero attached hydrogens (tertiary/aromatic N) is 1. The van der Waals surface area contributed by atoms with E-state index in [0.29, 0.717) is 0 Å². The minimum atomic E-state index is -0.532. The van der Waals surface area contributed by atoms with Gasteiger partial charge in [0.1, 0.15) is 0 Å². The number of anilines is 3. The van der Waals surface area contributed by atoms with Crippen molar-refractivity contribution in [1.82, 2.24) is 0 Å². The number of allylic oxidation sites excluding steroid dienone is 5. The molecule has 0 saturated carbocycles. The number of rotatable bonds is 7. The highest BCUT2D eigenvalue weighted by Crippen LogP contribution is 2.63. The molecule has 0 N–H and O–H groups in total. The van der Waals surface area contributed by atoms with Gasteiger partial charge in [-0.25, -0.2) is 0 Å². The molecule has 0 unspecified atom stereocenters. The van der Waals surface area contributed by atoms with Gasteiger partial charge in [-0.05, 0) is 138 Å². The number of benzene rings is 8. The van der Waals surface area contributed by atoms with Crippen LogP contribution in [0.15, 0.2) is 218 Å². The van der Waals surface area contributed by atoms with Crippen LogP contribution in [0.3, 0.4) is 0 Å². The van der Waals surface area contributed by atoms with E-state index in [4.69, 9.17) is 0 Å². The maximum atomic E-state index is 4.34. The maximum absolute atomic E-state index is 4.34. The lowest BCUT2D eigenvalue weighted by molar-refractivity contribution is 0.660. The van der Waals surface area contributed by atoms with Crippen molar-refractivity contribution in [3.05, 3.63) is 257 Å². The Bertz CT molecular complexity index is 3020. The summed E-state index contributed by atoms with van der Waals surface area (Å²) >= 11 is 0. The van der Waals surface area contributed by atoms with Crippen LogP contribution in [-0.2, 0) is 10.8 Å². The van der Waals surface area contributed by atoms with Crippen LogP contribution in [0.1, 0.15) is 59.7 Å². The first kappa shape index (κ1) is 35.9. The third-order valence-corrected chi connectivity index (χ3v) is 13.5. The minimum Gasteiger partial charge on any atom is -0.310 e. The Balaban J connectivity index is 1.16. The largest absolute Gasteiger partial charge is 0.310 e. The second-order valence-electron chi connectivity index (χ2n) is 16.9. The summed E-state index contributed by atoms with van der Waals surface area (Å²) in [5.41, 5.74) is 23.2. The van der Waals surface area contributed by atoms with Crippen LogP contribution in [0.2, 0.25) is 0 Å². The summed E-state index contributed by atoms with van der Waals surface area (Å²) in [7, 11) is 0. The highest BCUT2D eigenvalue weighted by Gasteiger charge is 2.52. The van der Waals surface area contributed by atoms with Gasteiger partial charge in [0.05, 0.1) is 5.41 Å². The molecule has 1 spiro atoms. The molecule has 0 saturated heterocycles. The van der Waals surface area contributed by atoms with Crippen LogP contribution in [-0.4, -0.2) is 0 Å². The fourth-order valence-electron chi connectivity index (χ4n) is 10.7. The normalized spacial score (nSPS) is 14.9. The molecule has 0 aliphatic heterocycles. The first-order valence-corrected chi connectivity index (χ1v) is 21.0. The van der Waals surface area contributed by atoms with Gasteiger partial charge >= 0.3 is 0 Å². The molecule has 0 aromatic heterocycles. The summed E-state index contributed by atoms with van der Waals surface area (Å²) < 4.78 is 0. The van der Waals surface area contributed by atoms with Crippen molar-refractivity contribution in [3.63, 3.8) is 0 Å². The number of hydrogen-bond donors (Lipinski definition) is 0. The second kappa shape index (κ2) is 13.7. The van der Waals surface area contributed by atoms with E-state index in [1.54, 1.807) is 0 Å². The van der Waals surface area contributed by atoms with Gasteiger partial charge in [-0.15, -0.1) is 0 Å². The average molecular weight is 768 g/mol. The number of hydrogen-bond acceptors (Lipinski definition) is 1. The van der Waals surface area contributed by atoms with Gasteiger partial charge < -0.3 is 4.90 Å². The lowest BCUT2D eigenvalue weighted by Gasteiger charge is -2.33. The van der Waals surface area contributed by atoms with Crippen LogP contribution in [0.4, 0.5) is 17.1 Å². The zero-order valence-corrected chi connectivity index (χ0v) is 34.3. The molecular weight excluding hydrogens is 723 g/mol. The summed E-state index contributed by atoms with van der Waals surface area (Å²) in [6, 6.07) is 71.7. The van der Waals surface area contributed by atoms with Crippen molar-refractivity contribution >= 4 is 28.2 Å². The van der Waals surface area contributed by atoms with Crippen molar-refractivity contribution in [2.24, 2.45) is 0 Å².